The zero-order valence-corrected chi connectivity index (χ0v) is 10.8. The molecular weight excluding hydrogens is 246 g/mol. The van der Waals surface area contributed by atoms with Crippen molar-refractivity contribution in [1.82, 2.24) is 4.90 Å². The zero-order valence-electron chi connectivity index (χ0n) is 10.8. The van der Waals surface area contributed by atoms with E-state index < -0.39 is 0 Å². The fourth-order valence-electron chi connectivity index (χ4n) is 1.79. The lowest BCUT2D eigenvalue weighted by molar-refractivity contribution is 0.0781. The van der Waals surface area contributed by atoms with Crippen molar-refractivity contribution in [1.29, 1.82) is 0 Å². The number of carbonyl (C=O) groups is 1. The maximum atomic E-state index is 12.2. The van der Waals surface area contributed by atoms with E-state index in [9.17, 15) is 9.90 Å². The third-order valence-corrected chi connectivity index (χ3v) is 2.80. The van der Waals surface area contributed by atoms with Gasteiger partial charge in [-0.25, -0.2) is 0 Å². The normalized spacial score (nSPS) is 10.2. The summed E-state index contributed by atoms with van der Waals surface area (Å²) in [5.41, 5.74) is 1.10. The van der Waals surface area contributed by atoms with Crippen LogP contribution in [0.4, 0.5) is 0 Å². The molecule has 0 radical (unpaired) electrons. The van der Waals surface area contributed by atoms with Crippen LogP contribution in [-0.4, -0.2) is 30.1 Å². The fourth-order valence-corrected chi connectivity index (χ4v) is 1.79. The number of ether oxygens (including phenoxy) is 1. The molecule has 2 aromatic rings. The largest absolute Gasteiger partial charge is 0.504 e. The first kappa shape index (κ1) is 13.0. The number of phenolic OH excluding ortho intramolecular Hbond substituents is 1. The number of benzene rings is 1. The number of aromatic hydroxyl groups is 1. The molecule has 19 heavy (non-hydrogen) atoms. The molecule has 1 N–H and O–H groups in total. The predicted molar refractivity (Wildman–Crippen MR) is 69.2 cm³/mol. The van der Waals surface area contributed by atoms with E-state index in [0.29, 0.717) is 6.54 Å². The van der Waals surface area contributed by atoms with Crippen molar-refractivity contribution in [3.05, 3.63) is 47.9 Å². The number of para-hydroxylation sites is 1. The summed E-state index contributed by atoms with van der Waals surface area (Å²) in [7, 11) is 3.10. The van der Waals surface area contributed by atoms with Crippen molar-refractivity contribution >= 4 is 5.91 Å². The Hall–Kier alpha value is -2.43. The van der Waals surface area contributed by atoms with Crippen LogP contribution in [-0.2, 0) is 6.54 Å². The van der Waals surface area contributed by atoms with Gasteiger partial charge in [-0.1, -0.05) is 6.07 Å². The summed E-state index contributed by atoms with van der Waals surface area (Å²) >= 11 is 0. The minimum atomic E-state index is -0.280. The number of amides is 1. The van der Waals surface area contributed by atoms with E-state index in [1.807, 2.05) is 0 Å². The van der Waals surface area contributed by atoms with Gasteiger partial charge in [-0.15, -0.1) is 0 Å². The van der Waals surface area contributed by atoms with Crippen LogP contribution < -0.4 is 4.74 Å². The smallest absolute Gasteiger partial charge is 0.257 e. The summed E-state index contributed by atoms with van der Waals surface area (Å²) in [6, 6.07) is 6.61. The Balaban J connectivity index is 2.19. The minimum absolute atomic E-state index is 0.144. The standard InChI is InChI=1S/C14H15NO4/c1-15(8-10-6-7-19-9-10)14(17)11-4-3-5-12(18-2)13(11)16/h3-7,9,16H,8H2,1-2H3. The van der Waals surface area contributed by atoms with Gasteiger partial charge in [-0.3, -0.25) is 4.79 Å². The van der Waals surface area contributed by atoms with E-state index in [2.05, 4.69) is 0 Å². The lowest BCUT2D eigenvalue weighted by Crippen LogP contribution is -2.26. The molecule has 5 nitrogen and oxygen atoms in total. The van der Waals surface area contributed by atoms with Gasteiger partial charge in [0.15, 0.2) is 11.5 Å². The average Bonchev–Trinajstić information content (AvgIpc) is 2.91. The molecule has 0 bridgehead atoms. The first-order valence-electron chi connectivity index (χ1n) is 5.76. The summed E-state index contributed by atoms with van der Waals surface area (Å²) in [6.07, 6.45) is 3.13. The third kappa shape index (κ3) is 2.70. The van der Waals surface area contributed by atoms with Crippen molar-refractivity contribution in [2.24, 2.45) is 0 Å². The Morgan fingerprint density at radius 3 is 2.84 bits per heavy atom. The van der Waals surface area contributed by atoms with E-state index in [4.69, 9.17) is 9.15 Å². The highest BCUT2D eigenvalue weighted by atomic mass is 16.5. The molecule has 1 aromatic carbocycles. The van der Waals surface area contributed by atoms with E-state index in [-0.39, 0.29) is 23.0 Å². The quantitative estimate of drug-likeness (QED) is 0.917. The molecule has 0 saturated carbocycles. The molecule has 0 spiro atoms. The van der Waals surface area contributed by atoms with Crippen LogP contribution in [0.2, 0.25) is 0 Å². The molecule has 2 rings (SSSR count). The highest BCUT2D eigenvalue weighted by Gasteiger charge is 2.18. The maximum Gasteiger partial charge on any atom is 0.257 e. The first-order valence-corrected chi connectivity index (χ1v) is 5.76. The number of hydrogen-bond acceptors (Lipinski definition) is 4. The van der Waals surface area contributed by atoms with Gasteiger partial charge in [0.1, 0.15) is 0 Å². The van der Waals surface area contributed by atoms with Gasteiger partial charge >= 0.3 is 0 Å². The van der Waals surface area contributed by atoms with Gasteiger partial charge in [0.25, 0.3) is 5.91 Å². The van der Waals surface area contributed by atoms with Crippen LogP contribution >= 0.6 is 0 Å². The fraction of sp³-hybridized carbons (Fsp3) is 0.214. The molecule has 0 aliphatic heterocycles. The molecule has 100 valence electrons. The third-order valence-electron chi connectivity index (χ3n) is 2.80. The summed E-state index contributed by atoms with van der Waals surface area (Å²) < 4.78 is 9.94. The summed E-state index contributed by atoms with van der Waals surface area (Å²) in [4.78, 5) is 13.7. The Morgan fingerprint density at radius 1 is 1.42 bits per heavy atom. The number of nitrogens with zero attached hydrogens (tertiary/aromatic N) is 1. The molecule has 0 atom stereocenters. The van der Waals surface area contributed by atoms with Crippen molar-refractivity contribution in [3.63, 3.8) is 0 Å². The van der Waals surface area contributed by atoms with Gasteiger partial charge in [-0.05, 0) is 18.2 Å². The van der Waals surface area contributed by atoms with E-state index in [1.54, 1.807) is 43.8 Å². The van der Waals surface area contributed by atoms with Gasteiger partial charge in [-0.2, -0.15) is 0 Å². The lowest BCUT2D eigenvalue weighted by atomic mass is 10.1. The number of carbonyl (C=O) groups excluding carboxylic acids is 1. The Morgan fingerprint density at radius 2 is 2.21 bits per heavy atom. The van der Waals surface area contributed by atoms with Crippen molar-refractivity contribution in [2.45, 2.75) is 6.54 Å². The molecule has 0 unspecified atom stereocenters. The number of hydrogen-bond donors (Lipinski definition) is 1. The number of methoxy groups -OCH3 is 1. The van der Waals surface area contributed by atoms with Crippen LogP contribution in [0.5, 0.6) is 11.5 Å². The Bertz CT molecular complexity index is 563. The monoisotopic (exact) mass is 261 g/mol. The highest BCUT2D eigenvalue weighted by molar-refractivity contribution is 5.97. The number of furan rings is 1. The van der Waals surface area contributed by atoms with Crippen LogP contribution in [0.3, 0.4) is 0 Å². The van der Waals surface area contributed by atoms with Crippen LogP contribution in [0.1, 0.15) is 15.9 Å². The molecule has 0 aliphatic carbocycles. The second-order valence-corrected chi connectivity index (χ2v) is 4.15. The predicted octanol–water partition coefficient (Wildman–Crippen LogP) is 2.27. The number of phenols is 1. The van der Waals surface area contributed by atoms with Crippen molar-refractivity contribution in [3.8, 4) is 11.5 Å². The molecule has 5 heteroatoms. The molecule has 0 saturated heterocycles. The lowest BCUT2D eigenvalue weighted by Gasteiger charge is -2.17. The maximum absolute atomic E-state index is 12.2. The topological polar surface area (TPSA) is 62.9 Å². The molecule has 0 fully saturated rings. The van der Waals surface area contributed by atoms with Crippen molar-refractivity contribution in [2.75, 3.05) is 14.2 Å². The highest BCUT2D eigenvalue weighted by Crippen LogP contribution is 2.30. The van der Waals surface area contributed by atoms with Crippen LogP contribution in [0.15, 0.2) is 41.2 Å². The zero-order chi connectivity index (χ0) is 13.8. The van der Waals surface area contributed by atoms with Gasteiger partial charge < -0.3 is 19.2 Å². The van der Waals surface area contributed by atoms with Gasteiger partial charge in [0, 0.05) is 19.2 Å². The van der Waals surface area contributed by atoms with E-state index in [0.717, 1.165) is 5.56 Å². The second-order valence-electron chi connectivity index (χ2n) is 4.15. The SMILES string of the molecule is COc1cccc(C(=O)N(C)Cc2ccoc2)c1O. The Labute approximate surface area is 111 Å². The molecular formula is C14H15NO4. The summed E-state index contributed by atoms with van der Waals surface area (Å²) in [5.74, 6) is -0.144. The summed E-state index contributed by atoms with van der Waals surface area (Å²) in [6.45, 7) is 0.409. The van der Waals surface area contributed by atoms with Crippen LogP contribution in [0.25, 0.3) is 0 Å². The molecule has 0 aliphatic rings. The Kier molecular flexibility index (Phi) is 3.75. The molecule has 1 heterocycles. The number of rotatable bonds is 4. The van der Waals surface area contributed by atoms with Crippen molar-refractivity contribution < 1.29 is 19.1 Å². The second kappa shape index (κ2) is 5.48. The molecule has 1 amide bonds. The van der Waals surface area contributed by atoms with E-state index >= 15 is 0 Å². The summed E-state index contributed by atoms with van der Waals surface area (Å²) in [5, 5.41) is 9.94. The minimum Gasteiger partial charge on any atom is -0.504 e. The first-order chi connectivity index (χ1) is 9.13. The molecule has 1 aromatic heterocycles. The van der Waals surface area contributed by atoms with Gasteiger partial charge in [0.05, 0.1) is 25.2 Å². The van der Waals surface area contributed by atoms with Gasteiger partial charge in [0.2, 0.25) is 0 Å². The van der Waals surface area contributed by atoms with Crippen LogP contribution in [0, 0.1) is 0 Å². The average molecular weight is 261 g/mol. The van der Waals surface area contributed by atoms with E-state index in [1.165, 1.54) is 12.0 Å².